The number of nitrogens with one attached hydrogen (secondary N) is 1. The van der Waals surface area contributed by atoms with Crippen LogP contribution in [-0.2, 0) is 13.2 Å². The Bertz CT molecular complexity index is 749. The number of rotatable bonds is 5. The lowest BCUT2D eigenvalue weighted by atomic mass is 10.1. The topological polar surface area (TPSA) is 56.1 Å². The fourth-order valence-corrected chi connectivity index (χ4v) is 2.44. The van der Waals surface area contributed by atoms with Crippen LogP contribution in [0.4, 0.5) is 13.2 Å². The van der Waals surface area contributed by atoms with Gasteiger partial charge in [0.2, 0.25) is 0 Å². The lowest BCUT2D eigenvalue weighted by molar-refractivity contribution is -0.141. The minimum Gasteiger partial charge on any atom is -0.491 e. The van der Waals surface area contributed by atoms with Crippen molar-refractivity contribution in [3.05, 3.63) is 46.8 Å². The number of hydrogen-bond donors (Lipinski definition) is 1. The number of ether oxygens (including phenoxy) is 1. The first kappa shape index (κ1) is 18.8. The zero-order valence-electron chi connectivity index (χ0n) is 14.4. The minimum absolute atomic E-state index is 0.138. The van der Waals surface area contributed by atoms with Crippen LogP contribution >= 0.6 is 0 Å². The van der Waals surface area contributed by atoms with Crippen LogP contribution in [0.2, 0.25) is 0 Å². The second kappa shape index (κ2) is 7.16. The Morgan fingerprint density at radius 2 is 1.92 bits per heavy atom. The summed E-state index contributed by atoms with van der Waals surface area (Å²) in [6.07, 6.45) is -3.64. The van der Waals surface area contributed by atoms with E-state index in [9.17, 15) is 18.0 Å². The molecule has 1 aromatic heterocycles. The van der Waals surface area contributed by atoms with E-state index in [-0.39, 0.29) is 6.61 Å². The summed E-state index contributed by atoms with van der Waals surface area (Å²) in [4.78, 5) is 12.2. The monoisotopic (exact) mass is 355 g/mol. The molecule has 8 heteroatoms. The zero-order chi connectivity index (χ0) is 18.8. The molecule has 0 aliphatic carbocycles. The van der Waals surface area contributed by atoms with E-state index in [2.05, 4.69) is 10.4 Å². The van der Waals surface area contributed by atoms with Crippen molar-refractivity contribution in [1.82, 2.24) is 15.1 Å². The van der Waals surface area contributed by atoms with Gasteiger partial charge in [0.25, 0.3) is 5.91 Å². The first-order chi connectivity index (χ1) is 11.6. The van der Waals surface area contributed by atoms with Gasteiger partial charge in [0.1, 0.15) is 12.4 Å². The zero-order valence-corrected chi connectivity index (χ0v) is 14.4. The molecule has 0 fully saturated rings. The van der Waals surface area contributed by atoms with Gasteiger partial charge in [-0.3, -0.25) is 9.48 Å². The highest BCUT2D eigenvalue weighted by Gasteiger charge is 2.39. The van der Waals surface area contributed by atoms with Crippen molar-refractivity contribution in [3.8, 4) is 5.75 Å². The summed E-state index contributed by atoms with van der Waals surface area (Å²) >= 11 is 0. The van der Waals surface area contributed by atoms with E-state index in [0.717, 1.165) is 22.0 Å². The average molecular weight is 355 g/mol. The lowest BCUT2D eigenvalue weighted by Gasteiger charge is -2.17. The lowest BCUT2D eigenvalue weighted by Crippen LogP contribution is -2.37. The van der Waals surface area contributed by atoms with Crippen molar-refractivity contribution in [3.63, 3.8) is 0 Å². The van der Waals surface area contributed by atoms with Crippen molar-refractivity contribution >= 4 is 5.91 Å². The predicted octanol–water partition coefficient (Wildman–Crippen LogP) is 3.25. The highest BCUT2D eigenvalue weighted by atomic mass is 19.4. The van der Waals surface area contributed by atoms with E-state index in [0.29, 0.717) is 5.75 Å². The number of carbonyl (C=O) groups is 1. The smallest absolute Gasteiger partial charge is 0.435 e. The molecular weight excluding hydrogens is 335 g/mol. The molecule has 1 amide bonds. The van der Waals surface area contributed by atoms with Gasteiger partial charge in [0.05, 0.1) is 11.6 Å². The number of amides is 1. The number of aryl methyl sites for hydroxylation is 3. The molecule has 1 N–H and O–H groups in total. The van der Waals surface area contributed by atoms with Crippen LogP contribution in [0.3, 0.4) is 0 Å². The number of para-hydroxylation sites is 1. The van der Waals surface area contributed by atoms with Gasteiger partial charge < -0.3 is 10.1 Å². The van der Waals surface area contributed by atoms with Gasteiger partial charge in [-0.25, -0.2) is 0 Å². The molecule has 0 aliphatic rings. The van der Waals surface area contributed by atoms with Crippen molar-refractivity contribution < 1.29 is 22.7 Å². The Morgan fingerprint density at radius 1 is 1.32 bits per heavy atom. The quantitative estimate of drug-likeness (QED) is 0.896. The van der Waals surface area contributed by atoms with Crippen LogP contribution in [-0.4, -0.2) is 28.3 Å². The van der Waals surface area contributed by atoms with E-state index in [1.54, 1.807) is 6.92 Å². The van der Waals surface area contributed by atoms with Crippen molar-refractivity contribution in [1.29, 1.82) is 0 Å². The van der Waals surface area contributed by atoms with Gasteiger partial charge in [-0.1, -0.05) is 18.2 Å². The van der Waals surface area contributed by atoms with Gasteiger partial charge in [-0.05, 0) is 31.9 Å². The fraction of sp³-hybridized carbons (Fsp3) is 0.412. The number of aromatic nitrogens is 2. The number of carbonyl (C=O) groups excluding carboxylic acids is 1. The van der Waals surface area contributed by atoms with Crippen molar-refractivity contribution in [2.45, 2.75) is 33.0 Å². The van der Waals surface area contributed by atoms with E-state index >= 15 is 0 Å². The predicted molar refractivity (Wildman–Crippen MR) is 86.5 cm³/mol. The summed E-state index contributed by atoms with van der Waals surface area (Å²) in [6.45, 7) is 5.60. The Hall–Kier alpha value is -2.51. The summed E-state index contributed by atoms with van der Waals surface area (Å²) in [6, 6.07) is 5.23. The summed E-state index contributed by atoms with van der Waals surface area (Å²) in [7, 11) is 1.33. The molecule has 1 unspecified atom stereocenters. The maximum atomic E-state index is 12.9. The summed E-state index contributed by atoms with van der Waals surface area (Å²) in [5.74, 6) is -0.126. The van der Waals surface area contributed by atoms with Crippen molar-refractivity contribution in [2.75, 3.05) is 6.61 Å². The molecule has 2 rings (SSSR count). The maximum absolute atomic E-state index is 12.9. The molecule has 1 aromatic carbocycles. The molecule has 0 spiro atoms. The molecule has 2 aromatic rings. The van der Waals surface area contributed by atoms with E-state index in [4.69, 9.17) is 4.74 Å². The molecule has 0 saturated heterocycles. The largest absolute Gasteiger partial charge is 0.491 e. The third-order valence-electron chi connectivity index (χ3n) is 3.61. The molecule has 136 valence electrons. The first-order valence-electron chi connectivity index (χ1n) is 7.70. The summed E-state index contributed by atoms with van der Waals surface area (Å²) in [5.41, 5.74) is 0.194. The minimum atomic E-state index is -4.69. The van der Waals surface area contributed by atoms with Crippen LogP contribution in [0.1, 0.15) is 34.1 Å². The van der Waals surface area contributed by atoms with Crippen LogP contribution in [0.15, 0.2) is 24.4 Å². The van der Waals surface area contributed by atoms with Gasteiger partial charge in [0.15, 0.2) is 5.69 Å². The normalized spacial score (nSPS) is 12.8. The van der Waals surface area contributed by atoms with Crippen molar-refractivity contribution in [2.24, 2.45) is 7.05 Å². The number of benzene rings is 1. The Morgan fingerprint density at radius 3 is 2.48 bits per heavy atom. The third-order valence-corrected chi connectivity index (χ3v) is 3.61. The number of halogens is 3. The van der Waals surface area contributed by atoms with Gasteiger partial charge in [0, 0.05) is 13.2 Å². The van der Waals surface area contributed by atoms with E-state index < -0.39 is 29.4 Å². The Labute approximate surface area is 143 Å². The summed E-state index contributed by atoms with van der Waals surface area (Å²) < 4.78 is 45.5. The van der Waals surface area contributed by atoms with Gasteiger partial charge in [-0.2, -0.15) is 18.3 Å². The Balaban J connectivity index is 2.04. The second-order valence-corrected chi connectivity index (χ2v) is 5.97. The van der Waals surface area contributed by atoms with E-state index in [1.807, 2.05) is 32.0 Å². The van der Waals surface area contributed by atoms with Crippen LogP contribution in [0.25, 0.3) is 0 Å². The van der Waals surface area contributed by atoms with Crippen LogP contribution in [0.5, 0.6) is 5.75 Å². The van der Waals surface area contributed by atoms with Gasteiger partial charge >= 0.3 is 6.18 Å². The molecule has 25 heavy (non-hydrogen) atoms. The third kappa shape index (κ3) is 4.52. The molecule has 0 saturated carbocycles. The highest BCUT2D eigenvalue weighted by Crippen LogP contribution is 2.30. The van der Waals surface area contributed by atoms with E-state index in [1.165, 1.54) is 7.05 Å². The average Bonchev–Trinajstić information content (AvgIpc) is 2.89. The number of nitrogens with zero attached hydrogens (tertiary/aromatic N) is 2. The molecule has 0 aliphatic heterocycles. The maximum Gasteiger partial charge on any atom is 0.435 e. The van der Waals surface area contributed by atoms with Crippen LogP contribution < -0.4 is 10.1 Å². The molecule has 5 nitrogen and oxygen atoms in total. The first-order valence-corrected chi connectivity index (χ1v) is 7.70. The summed E-state index contributed by atoms with van der Waals surface area (Å²) in [5, 5.41) is 5.84. The standard InChI is InChI=1S/C17H20F3N3O2/c1-10-6-5-7-11(2)14(10)25-9-12(3)21-16(24)13-8-23(4)22-15(13)17(18,19)20/h5-8,12H,9H2,1-4H3,(H,21,24). The second-order valence-electron chi connectivity index (χ2n) is 5.97. The molecule has 0 bridgehead atoms. The number of hydrogen-bond acceptors (Lipinski definition) is 3. The van der Waals surface area contributed by atoms with Gasteiger partial charge in [-0.15, -0.1) is 0 Å². The SMILES string of the molecule is Cc1cccc(C)c1OCC(C)NC(=O)c1cn(C)nc1C(F)(F)F. The number of alkyl halides is 3. The van der Waals surface area contributed by atoms with Crippen LogP contribution in [0, 0.1) is 13.8 Å². The Kier molecular flexibility index (Phi) is 5.39. The molecule has 1 atom stereocenters. The molecule has 1 heterocycles. The molecule has 0 radical (unpaired) electrons. The highest BCUT2D eigenvalue weighted by molar-refractivity contribution is 5.95. The fourth-order valence-electron chi connectivity index (χ4n) is 2.44. The molecular formula is C17H20F3N3O2.